The van der Waals surface area contributed by atoms with E-state index in [0.29, 0.717) is 11.5 Å². The third kappa shape index (κ3) is 4.59. The van der Waals surface area contributed by atoms with Crippen LogP contribution < -0.4 is 11.3 Å². The molecule has 0 spiro atoms. The van der Waals surface area contributed by atoms with Crippen molar-refractivity contribution in [1.29, 1.82) is 0 Å². The van der Waals surface area contributed by atoms with Crippen LogP contribution in [0.25, 0.3) is 0 Å². The van der Waals surface area contributed by atoms with E-state index >= 15 is 0 Å². The summed E-state index contributed by atoms with van der Waals surface area (Å²) < 4.78 is 0. The number of nitrogens with two attached hydrogens (primary N) is 1. The fourth-order valence-corrected chi connectivity index (χ4v) is 3.46. The second-order valence-corrected chi connectivity index (χ2v) is 6.46. The summed E-state index contributed by atoms with van der Waals surface area (Å²) in [7, 11) is 0. The monoisotopic (exact) mass is 240 g/mol. The molecule has 1 aliphatic rings. The molecule has 2 heteroatoms. The Kier molecular flexibility index (Phi) is 6.50. The molecule has 2 nitrogen and oxygen atoms in total. The summed E-state index contributed by atoms with van der Waals surface area (Å²) in [6.45, 7) is 7.11. The lowest BCUT2D eigenvalue weighted by atomic mass is 9.65. The Bertz CT molecular complexity index is 201. The Hall–Kier alpha value is -0.0800. The Morgan fingerprint density at radius 2 is 2.00 bits per heavy atom. The zero-order valence-corrected chi connectivity index (χ0v) is 12.1. The van der Waals surface area contributed by atoms with Gasteiger partial charge in [0, 0.05) is 6.04 Å². The van der Waals surface area contributed by atoms with E-state index in [1.54, 1.807) is 0 Å². The van der Waals surface area contributed by atoms with Crippen LogP contribution in [-0.2, 0) is 0 Å². The maximum absolute atomic E-state index is 5.79. The maximum Gasteiger partial charge on any atom is 0.0243 e. The Morgan fingerprint density at radius 1 is 1.24 bits per heavy atom. The molecule has 2 unspecified atom stereocenters. The lowest BCUT2D eigenvalue weighted by molar-refractivity contribution is 0.0936. The molecule has 3 N–H and O–H groups in total. The zero-order valence-electron chi connectivity index (χ0n) is 12.1. The summed E-state index contributed by atoms with van der Waals surface area (Å²) in [5.74, 6) is 6.56. The highest BCUT2D eigenvalue weighted by molar-refractivity contribution is 4.89. The number of hydrogen-bond acceptors (Lipinski definition) is 2. The van der Waals surface area contributed by atoms with Gasteiger partial charge in [-0.15, -0.1) is 0 Å². The van der Waals surface area contributed by atoms with Crippen molar-refractivity contribution in [2.45, 2.75) is 84.6 Å². The minimum Gasteiger partial charge on any atom is -0.271 e. The summed E-state index contributed by atoms with van der Waals surface area (Å²) in [5.41, 5.74) is 3.58. The predicted octanol–water partition coefficient (Wildman–Crippen LogP) is 4.01. The van der Waals surface area contributed by atoms with Gasteiger partial charge in [-0.2, -0.15) is 0 Å². The van der Waals surface area contributed by atoms with Gasteiger partial charge in [-0.1, -0.05) is 59.3 Å². The minimum absolute atomic E-state index is 0.472. The first-order chi connectivity index (χ1) is 8.11. The van der Waals surface area contributed by atoms with Gasteiger partial charge >= 0.3 is 0 Å². The van der Waals surface area contributed by atoms with Crippen molar-refractivity contribution in [2.24, 2.45) is 17.2 Å². The molecule has 0 bridgehead atoms. The molecule has 1 aliphatic carbocycles. The van der Waals surface area contributed by atoms with Crippen LogP contribution in [0.4, 0.5) is 0 Å². The van der Waals surface area contributed by atoms with Crippen LogP contribution in [0.2, 0.25) is 0 Å². The molecule has 2 atom stereocenters. The summed E-state index contributed by atoms with van der Waals surface area (Å²) >= 11 is 0. The number of unbranched alkanes of at least 4 members (excludes halogenated alkanes) is 3. The van der Waals surface area contributed by atoms with E-state index < -0.39 is 0 Å². The number of nitrogens with one attached hydrogen (secondary N) is 1. The van der Waals surface area contributed by atoms with E-state index in [1.807, 2.05) is 0 Å². The molecule has 17 heavy (non-hydrogen) atoms. The highest BCUT2D eigenvalue weighted by atomic mass is 15.2. The quantitative estimate of drug-likeness (QED) is 0.401. The topological polar surface area (TPSA) is 38.0 Å². The largest absolute Gasteiger partial charge is 0.271 e. The van der Waals surface area contributed by atoms with Crippen molar-refractivity contribution in [3.05, 3.63) is 0 Å². The van der Waals surface area contributed by atoms with Gasteiger partial charge in [0.15, 0.2) is 0 Å². The first-order valence-corrected chi connectivity index (χ1v) is 7.58. The van der Waals surface area contributed by atoms with E-state index in [0.717, 1.165) is 5.92 Å². The molecule has 0 aromatic carbocycles. The van der Waals surface area contributed by atoms with Crippen molar-refractivity contribution in [3.8, 4) is 0 Å². The minimum atomic E-state index is 0.472. The number of hydrogen-bond donors (Lipinski definition) is 2. The van der Waals surface area contributed by atoms with Crippen molar-refractivity contribution in [3.63, 3.8) is 0 Å². The average molecular weight is 240 g/mol. The van der Waals surface area contributed by atoms with Crippen LogP contribution in [0.15, 0.2) is 0 Å². The molecule has 0 radical (unpaired) electrons. The van der Waals surface area contributed by atoms with Crippen molar-refractivity contribution < 1.29 is 0 Å². The molecule has 0 aromatic rings. The molecular formula is C15H32N2. The molecule has 0 amide bonds. The molecule has 1 fully saturated rings. The highest BCUT2D eigenvalue weighted by Crippen LogP contribution is 2.43. The van der Waals surface area contributed by atoms with Crippen molar-refractivity contribution >= 4 is 0 Å². The Morgan fingerprint density at radius 3 is 2.59 bits per heavy atom. The third-order valence-electron chi connectivity index (χ3n) is 4.66. The Labute approximate surface area is 108 Å². The summed E-state index contributed by atoms with van der Waals surface area (Å²) in [6.07, 6.45) is 12.1. The summed E-state index contributed by atoms with van der Waals surface area (Å²) in [4.78, 5) is 0. The summed E-state index contributed by atoms with van der Waals surface area (Å²) in [5, 5.41) is 0. The lowest BCUT2D eigenvalue weighted by Crippen LogP contribution is -2.47. The van der Waals surface area contributed by atoms with Crippen LogP contribution in [0.5, 0.6) is 0 Å². The fraction of sp³-hybridized carbons (Fsp3) is 1.00. The van der Waals surface area contributed by atoms with E-state index in [2.05, 4.69) is 26.2 Å². The Balaban J connectivity index is 2.42. The molecule has 0 saturated heterocycles. The highest BCUT2D eigenvalue weighted by Gasteiger charge is 2.36. The number of rotatable bonds is 7. The van der Waals surface area contributed by atoms with Crippen LogP contribution in [-0.4, -0.2) is 6.04 Å². The molecule has 0 aliphatic heterocycles. The normalized spacial score (nSPS) is 25.8. The van der Waals surface area contributed by atoms with Crippen molar-refractivity contribution in [2.75, 3.05) is 0 Å². The first-order valence-electron chi connectivity index (χ1n) is 7.58. The number of hydrazine groups is 1. The van der Waals surface area contributed by atoms with E-state index in [4.69, 9.17) is 5.84 Å². The van der Waals surface area contributed by atoms with Crippen LogP contribution in [0.3, 0.4) is 0 Å². The third-order valence-corrected chi connectivity index (χ3v) is 4.66. The van der Waals surface area contributed by atoms with Gasteiger partial charge in [0.05, 0.1) is 0 Å². The van der Waals surface area contributed by atoms with E-state index in [-0.39, 0.29) is 0 Å². The second-order valence-electron chi connectivity index (χ2n) is 6.46. The van der Waals surface area contributed by atoms with Gasteiger partial charge in [0.2, 0.25) is 0 Å². The molecular weight excluding hydrogens is 208 g/mol. The predicted molar refractivity (Wildman–Crippen MR) is 75.6 cm³/mol. The van der Waals surface area contributed by atoms with E-state index in [9.17, 15) is 0 Å². The lowest BCUT2D eigenvalue weighted by Gasteiger charge is -2.43. The fourth-order valence-electron chi connectivity index (χ4n) is 3.46. The molecule has 1 saturated carbocycles. The van der Waals surface area contributed by atoms with Crippen LogP contribution >= 0.6 is 0 Å². The van der Waals surface area contributed by atoms with Gasteiger partial charge in [-0.25, -0.2) is 0 Å². The van der Waals surface area contributed by atoms with Gasteiger partial charge in [-0.05, 0) is 30.6 Å². The zero-order chi connectivity index (χ0) is 12.7. The smallest absolute Gasteiger partial charge is 0.0243 e. The molecule has 0 heterocycles. The maximum atomic E-state index is 5.79. The second kappa shape index (κ2) is 7.38. The first kappa shape index (κ1) is 15.0. The SMILES string of the molecule is CCCCCCC(NN)C1CCCCC1(C)C. The van der Waals surface area contributed by atoms with Gasteiger partial charge in [0.1, 0.15) is 0 Å². The van der Waals surface area contributed by atoms with Gasteiger partial charge < -0.3 is 0 Å². The summed E-state index contributed by atoms with van der Waals surface area (Å²) in [6, 6.07) is 0.530. The van der Waals surface area contributed by atoms with Gasteiger partial charge in [0.25, 0.3) is 0 Å². The van der Waals surface area contributed by atoms with Crippen LogP contribution in [0, 0.1) is 11.3 Å². The van der Waals surface area contributed by atoms with Crippen LogP contribution in [0.1, 0.15) is 78.6 Å². The van der Waals surface area contributed by atoms with Gasteiger partial charge in [-0.3, -0.25) is 11.3 Å². The molecule has 1 rings (SSSR count). The molecule has 102 valence electrons. The molecule has 0 aromatic heterocycles. The average Bonchev–Trinajstić information content (AvgIpc) is 2.30. The van der Waals surface area contributed by atoms with Crippen molar-refractivity contribution in [1.82, 2.24) is 5.43 Å². The van der Waals surface area contributed by atoms with E-state index in [1.165, 1.54) is 57.8 Å². The standard InChI is InChI=1S/C15H32N2/c1-4-5-6-7-11-14(17-16)13-10-8-9-12-15(13,2)3/h13-14,17H,4-12,16H2,1-3H3.